The van der Waals surface area contributed by atoms with Gasteiger partial charge in [-0.15, -0.1) is 0 Å². The topological polar surface area (TPSA) is 69.7 Å². The number of ether oxygens (including phenoxy) is 1. The van der Waals surface area contributed by atoms with E-state index in [1.807, 2.05) is 0 Å². The largest absolute Gasteiger partial charge is 0.534 e. The number of halogens is 3. The molecule has 1 rings (SSSR count). The zero-order chi connectivity index (χ0) is 16.1. The summed E-state index contributed by atoms with van der Waals surface area (Å²) in [5.74, 6) is -1.28. The lowest BCUT2D eigenvalue weighted by Gasteiger charge is -2.18. The Bertz CT molecular complexity index is 507. The van der Waals surface area contributed by atoms with E-state index in [0.29, 0.717) is 12.8 Å². The molecule has 0 fully saturated rings. The SMILES string of the molecule is CCOC(=O)C1=C(OS(=O)(=O)C(F)(F)F)CCCCCC1. The molecule has 0 unspecified atom stereocenters. The van der Waals surface area contributed by atoms with Gasteiger partial charge in [0.1, 0.15) is 5.76 Å². The second-order valence-electron chi connectivity index (χ2n) is 4.52. The fraction of sp³-hybridized carbons (Fsp3) is 0.750. The molecule has 0 atom stereocenters. The second-order valence-corrected chi connectivity index (χ2v) is 6.06. The molecule has 0 N–H and O–H groups in total. The molecule has 0 saturated carbocycles. The fourth-order valence-electron chi connectivity index (χ4n) is 1.94. The molecule has 0 radical (unpaired) electrons. The summed E-state index contributed by atoms with van der Waals surface area (Å²) >= 11 is 0. The van der Waals surface area contributed by atoms with Gasteiger partial charge in [0.05, 0.1) is 12.2 Å². The summed E-state index contributed by atoms with van der Waals surface area (Å²) in [4.78, 5) is 11.8. The molecule has 0 spiro atoms. The van der Waals surface area contributed by atoms with Crippen LogP contribution in [-0.4, -0.2) is 26.5 Å². The summed E-state index contributed by atoms with van der Waals surface area (Å²) in [6, 6.07) is 0. The number of alkyl halides is 3. The van der Waals surface area contributed by atoms with Crippen molar-refractivity contribution in [3.8, 4) is 0 Å². The molecule has 0 aromatic rings. The van der Waals surface area contributed by atoms with Crippen LogP contribution in [0.25, 0.3) is 0 Å². The van der Waals surface area contributed by atoms with Crippen LogP contribution in [0.15, 0.2) is 11.3 Å². The highest BCUT2D eigenvalue weighted by Gasteiger charge is 2.49. The van der Waals surface area contributed by atoms with Gasteiger partial charge in [0.2, 0.25) is 0 Å². The summed E-state index contributed by atoms with van der Waals surface area (Å²) in [5.41, 5.74) is -5.65. The normalized spacial score (nSPS) is 17.9. The van der Waals surface area contributed by atoms with Gasteiger partial charge in [0.15, 0.2) is 0 Å². The molecule has 5 nitrogen and oxygen atoms in total. The first-order valence-electron chi connectivity index (χ1n) is 6.59. The number of allylic oxidation sites excluding steroid dienone is 1. The molecule has 1 aliphatic carbocycles. The number of rotatable bonds is 4. The summed E-state index contributed by atoms with van der Waals surface area (Å²) < 4.78 is 68.3. The van der Waals surface area contributed by atoms with Crippen molar-refractivity contribution in [1.29, 1.82) is 0 Å². The fourth-order valence-corrected chi connectivity index (χ4v) is 2.48. The van der Waals surface area contributed by atoms with E-state index in [2.05, 4.69) is 4.18 Å². The Morgan fingerprint density at radius 1 is 1.14 bits per heavy atom. The highest BCUT2D eigenvalue weighted by atomic mass is 32.2. The second kappa shape index (κ2) is 7.15. The van der Waals surface area contributed by atoms with Crippen LogP contribution in [0.1, 0.15) is 45.4 Å². The lowest BCUT2D eigenvalue weighted by atomic mass is 9.98. The zero-order valence-corrected chi connectivity index (χ0v) is 12.3. The monoisotopic (exact) mass is 330 g/mol. The minimum Gasteiger partial charge on any atom is -0.463 e. The lowest BCUT2D eigenvalue weighted by Crippen LogP contribution is -2.26. The average Bonchev–Trinajstić information content (AvgIpc) is 2.31. The average molecular weight is 330 g/mol. The van der Waals surface area contributed by atoms with Crippen LogP contribution in [-0.2, 0) is 23.8 Å². The molecule has 0 aliphatic heterocycles. The minimum atomic E-state index is -5.77. The maximum atomic E-state index is 12.4. The van der Waals surface area contributed by atoms with Crippen molar-refractivity contribution in [2.45, 2.75) is 51.0 Å². The number of esters is 1. The number of carbonyl (C=O) groups excluding carboxylic acids is 1. The van der Waals surface area contributed by atoms with Crippen molar-refractivity contribution < 1.29 is 35.3 Å². The van der Waals surface area contributed by atoms with Gasteiger partial charge in [-0.25, -0.2) is 4.79 Å². The van der Waals surface area contributed by atoms with E-state index in [0.717, 1.165) is 12.8 Å². The van der Waals surface area contributed by atoms with Crippen LogP contribution < -0.4 is 0 Å². The van der Waals surface area contributed by atoms with Gasteiger partial charge < -0.3 is 8.92 Å². The molecule has 122 valence electrons. The highest BCUT2D eigenvalue weighted by Crippen LogP contribution is 2.31. The standard InChI is InChI=1S/C12H17F3O5S/c1-2-19-11(16)9-7-5-3-4-6-8-10(9)20-21(17,18)12(13,14)15/h2-8H2,1H3. The third-order valence-electron chi connectivity index (χ3n) is 2.93. The predicted octanol–water partition coefficient (Wildman–Crippen LogP) is 3.02. The zero-order valence-electron chi connectivity index (χ0n) is 11.5. The highest BCUT2D eigenvalue weighted by molar-refractivity contribution is 7.87. The molecule has 21 heavy (non-hydrogen) atoms. The Morgan fingerprint density at radius 2 is 1.71 bits per heavy atom. The van der Waals surface area contributed by atoms with Crippen LogP contribution in [0.5, 0.6) is 0 Å². The first-order chi connectivity index (χ1) is 9.69. The van der Waals surface area contributed by atoms with Crippen LogP contribution in [0.4, 0.5) is 13.2 Å². The Kier molecular flexibility index (Phi) is 6.06. The smallest absolute Gasteiger partial charge is 0.463 e. The van der Waals surface area contributed by atoms with Crippen LogP contribution >= 0.6 is 0 Å². The Labute approximate surface area is 121 Å². The van der Waals surface area contributed by atoms with Gasteiger partial charge in [-0.1, -0.05) is 12.8 Å². The summed E-state index contributed by atoms with van der Waals surface area (Å²) in [6.45, 7) is 1.59. The van der Waals surface area contributed by atoms with Crippen molar-refractivity contribution in [2.75, 3.05) is 6.61 Å². The van der Waals surface area contributed by atoms with E-state index in [1.54, 1.807) is 6.92 Å². The van der Waals surface area contributed by atoms with E-state index >= 15 is 0 Å². The molecule has 9 heteroatoms. The van der Waals surface area contributed by atoms with Gasteiger partial charge in [-0.05, 0) is 26.2 Å². The Morgan fingerprint density at radius 3 is 2.24 bits per heavy atom. The van der Waals surface area contributed by atoms with Crippen LogP contribution in [0, 0.1) is 0 Å². The van der Waals surface area contributed by atoms with Crippen molar-refractivity contribution >= 4 is 16.1 Å². The van der Waals surface area contributed by atoms with Gasteiger partial charge in [0, 0.05) is 6.42 Å². The number of hydrogen-bond acceptors (Lipinski definition) is 5. The van der Waals surface area contributed by atoms with E-state index < -0.39 is 27.4 Å². The van der Waals surface area contributed by atoms with Crippen molar-refractivity contribution in [3.05, 3.63) is 11.3 Å². The van der Waals surface area contributed by atoms with Crippen molar-refractivity contribution in [1.82, 2.24) is 0 Å². The third-order valence-corrected chi connectivity index (χ3v) is 3.92. The van der Waals surface area contributed by atoms with Gasteiger partial charge >= 0.3 is 21.6 Å². The maximum Gasteiger partial charge on any atom is 0.534 e. The summed E-state index contributed by atoms with van der Waals surface area (Å²) in [7, 11) is -5.77. The summed E-state index contributed by atoms with van der Waals surface area (Å²) in [5, 5.41) is 0. The number of hydrogen-bond donors (Lipinski definition) is 0. The quantitative estimate of drug-likeness (QED) is 0.450. The molecule has 0 aromatic heterocycles. The molecular weight excluding hydrogens is 313 g/mol. The van der Waals surface area contributed by atoms with E-state index in [4.69, 9.17) is 4.74 Å². The van der Waals surface area contributed by atoms with Crippen molar-refractivity contribution in [3.63, 3.8) is 0 Å². The van der Waals surface area contributed by atoms with Crippen LogP contribution in [0.2, 0.25) is 0 Å². The molecule has 0 saturated heterocycles. The molecule has 0 bridgehead atoms. The van der Waals surface area contributed by atoms with E-state index in [1.165, 1.54) is 0 Å². The first kappa shape index (κ1) is 17.8. The number of carbonyl (C=O) groups is 1. The van der Waals surface area contributed by atoms with E-state index in [-0.39, 0.29) is 25.0 Å². The first-order valence-corrected chi connectivity index (χ1v) is 7.99. The molecular formula is C12H17F3O5S. The molecule has 0 amide bonds. The lowest BCUT2D eigenvalue weighted by molar-refractivity contribution is -0.139. The minimum absolute atomic E-state index is 0.0382. The summed E-state index contributed by atoms with van der Waals surface area (Å²) in [6.07, 6.45) is 2.65. The van der Waals surface area contributed by atoms with Crippen molar-refractivity contribution in [2.24, 2.45) is 0 Å². The van der Waals surface area contributed by atoms with Gasteiger partial charge in [-0.2, -0.15) is 21.6 Å². The van der Waals surface area contributed by atoms with E-state index in [9.17, 15) is 26.4 Å². The van der Waals surface area contributed by atoms with Crippen LogP contribution in [0.3, 0.4) is 0 Å². The molecule has 1 aliphatic rings. The maximum absolute atomic E-state index is 12.4. The Hall–Kier alpha value is -1.25. The molecule has 0 aromatic carbocycles. The van der Waals surface area contributed by atoms with Gasteiger partial charge in [0.25, 0.3) is 0 Å². The predicted molar refractivity (Wildman–Crippen MR) is 67.4 cm³/mol. The molecule has 0 heterocycles. The Balaban J connectivity index is 3.13. The third kappa shape index (κ3) is 4.90. The van der Waals surface area contributed by atoms with Gasteiger partial charge in [-0.3, -0.25) is 0 Å².